The Labute approximate surface area is 177 Å². The summed E-state index contributed by atoms with van der Waals surface area (Å²) in [6.45, 7) is 11.8. The van der Waals surface area contributed by atoms with E-state index in [1.807, 2.05) is 46.8 Å². The third-order valence-electron chi connectivity index (χ3n) is 4.17. The van der Waals surface area contributed by atoms with Crippen molar-refractivity contribution in [3.05, 3.63) is 45.1 Å². The molecule has 2 rings (SSSR count). The second-order valence-electron chi connectivity index (χ2n) is 7.88. The molecule has 156 valence electrons. The molecule has 0 saturated carbocycles. The molecular formula is C22H28NO4PS. The van der Waals surface area contributed by atoms with Crippen LogP contribution < -0.4 is 9.97 Å². The molecule has 5 nitrogen and oxygen atoms in total. The van der Waals surface area contributed by atoms with Crippen molar-refractivity contribution in [1.82, 2.24) is 0 Å². The molecule has 0 saturated heterocycles. The Morgan fingerprint density at radius 2 is 1.93 bits per heavy atom. The van der Waals surface area contributed by atoms with E-state index in [-0.39, 0.29) is 16.9 Å². The van der Waals surface area contributed by atoms with Crippen LogP contribution in [0.15, 0.2) is 24.3 Å². The molecule has 0 aliphatic heterocycles. The number of hydrogen-bond donors (Lipinski definition) is 1. The quantitative estimate of drug-likeness (QED) is 0.485. The molecular weight excluding hydrogens is 405 g/mol. The number of thiophene rings is 1. The van der Waals surface area contributed by atoms with Gasteiger partial charge in [0, 0.05) is 12.5 Å². The highest BCUT2D eigenvalue weighted by Crippen LogP contribution is 2.53. The molecule has 0 amide bonds. The molecule has 1 atom stereocenters. The van der Waals surface area contributed by atoms with Crippen LogP contribution in [0.1, 0.15) is 53.4 Å². The minimum atomic E-state index is -3.52. The van der Waals surface area contributed by atoms with Crippen molar-refractivity contribution < 1.29 is 19.0 Å². The van der Waals surface area contributed by atoms with E-state index < -0.39 is 13.5 Å². The van der Waals surface area contributed by atoms with Crippen LogP contribution in [0, 0.1) is 31.1 Å². The fraction of sp³-hybridized carbons (Fsp3) is 0.409. The molecule has 0 radical (unpaired) electrons. The van der Waals surface area contributed by atoms with Gasteiger partial charge in [-0.15, -0.1) is 11.3 Å². The number of anilines is 1. The van der Waals surface area contributed by atoms with Crippen LogP contribution in [0.25, 0.3) is 0 Å². The summed E-state index contributed by atoms with van der Waals surface area (Å²) in [6, 6.07) is 7.31. The smallest absolute Gasteiger partial charge is 0.348 e. The van der Waals surface area contributed by atoms with Gasteiger partial charge in [-0.05, 0) is 59.2 Å². The van der Waals surface area contributed by atoms with Gasteiger partial charge in [0.1, 0.15) is 4.88 Å². The summed E-state index contributed by atoms with van der Waals surface area (Å²) in [6.07, 6.45) is 0. The Kier molecular flexibility index (Phi) is 7.01. The van der Waals surface area contributed by atoms with Gasteiger partial charge >= 0.3 is 13.5 Å². The van der Waals surface area contributed by atoms with Crippen LogP contribution in [-0.2, 0) is 9.09 Å². The Morgan fingerprint density at radius 1 is 1.28 bits per heavy atom. The molecule has 2 aromatic rings. The van der Waals surface area contributed by atoms with Gasteiger partial charge in [0.25, 0.3) is 0 Å². The molecule has 0 aliphatic carbocycles. The summed E-state index contributed by atoms with van der Waals surface area (Å²) in [4.78, 5) is 12.6. The average Bonchev–Trinajstić information content (AvgIpc) is 3.03. The first-order valence-electron chi connectivity index (χ1n) is 9.36. The predicted octanol–water partition coefficient (Wildman–Crippen LogP) is 5.45. The summed E-state index contributed by atoms with van der Waals surface area (Å²) in [5, 5.41) is 10.3. The highest BCUT2D eigenvalue weighted by molar-refractivity contribution is 7.68. The van der Waals surface area contributed by atoms with Gasteiger partial charge in [0.2, 0.25) is 0 Å². The number of aromatic carboxylic acids is 1. The Balaban J connectivity index is 2.63. The molecule has 0 aliphatic rings. The third kappa shape index (κ3) is 5.30. The predicted molar refractivity (Wildman–Crippen MR) is 121 cm³/mol. The van der Waals surface area contributed by atoms with Crippen molar-refractivity contribution in [1.29, 1.82) is 0 Å². The molecule has 7 heteroatoms. The molecule has 1 heterocycles. The van der Waals surface area contributed by atoms with Crippen molar-refractivity contribution >= 4 is 35.8 Å². The van der Waals surface area contributed by atoms with Gasteiger partial charge in [0.15, 0.2) is 0 Å². The van der Waals surface area contributed by atoms with E-state index in [9.17, 15) is 14.5 Å². The van der Waals surface area contributed by atoms with E-state index in [2.05, 4.69) is 11.8 Å². The van der Waals surface area contributed by atoms with Gasteiger partial charge in [-0.2, -0.15) is 0 Å². The van der Waals surface area contributed by atoms with E-state index in [0.29, 0.717) is 15.9 Å². The summed E-state index contributed by atoms with van der Waals surface area (Å²) >= 11 is 1.08. The third-order valence-corrected chi connectivity index (χ3v) is 7.92. The lowest BCUT2D eigenvalue weighted by Crippen LogP contribution is -2.26. The van der Waals surface area contributed by atoms with Crippen molar-refractivity contribution in [2.24, 2.45) is 5.41 Å². The van der Waals surface area contributed by atoms with Gasteiger partial charge in [-0.1, -0.05) is 29.5 Å². The Morgan fingerprint density at radius 3 is 2.45 bits per heavy atom. The maximum atomic E-state index is 14.0. The van der Waals surface area contributed by atoms with Crippen molar-refractivity contribution in [3.63, 3.8) is 0 Å². The topological polar surface area (TPSA) is 66.8 Å². The van der Waals surface area contributed by atoms with Gasteiger partial charge in [-0.25, -0.2) is 4.79 Å². The number of rotatable bonds is 6. The normalized spacial score (nSPS) is 13.3. The maximum absolute atomic E-state index is 14.0. The zero-order valence-corrected chi connectivity index (χ0v) is 19.7. The average molecular weight is 434 g/mol. The lowest BCUT2D eigenvalue weighted by Gasteiger charge is -2.30. The van der Waals surface area contributed by atoms with Gasteiger partial charge in [-0.3, -0.25) is 9.24 Å². The van der Waals surface area contributed by atoms with Crippen LogP contribution in [-0.4, -0.2) is 24.7 Å². The second kappa shape index (κ2) is 8.75. The molecule has 0 spiro atoms. The first-order valence-corrected chi connectivity index (χ1v) is 11.8. The van der Waals surface area contributed by atoms with Crippen LogP contribution in [0.3, 0.4) is 0 Å². The highest BCUT2D eigenvalue weighted by Gasteiger charge is 2.36. The number of hydrogen-bond acceptors (Lipinski definition) is 4. The van der Waals surface area contributed by atoms with Crippen molar-refractivity contribution in [2.75, 3.05) is 18.3 Å². The van der Waals surface area contributed by atoms with Crippen molar-refractivity contribution in [2.45, 2.75) is 41.5 Å². The summed E-state index contributed by atoms with van der Waals surface area (Å²) < 4.78 is 21.3. The van der Waals surface area contributed by atoms with Crippen LogP contribution in [0.5, 0.6) is 0 Å². The molecule has 1 aromatic heterocycles. The fourth-order valence-corrected chi connectivity index (χ4v) is 5.99. The minimum Gasteiger partial charge on any atom is -0.477 e. The maximum Gasteiger partial charge on any atom is 0.348 e. The highest BCUT2D eigenvalue weighted by atomic mass is 32.1. The van der Waals surface area contributed by atoms with Crippen molar-refractivity contribution in [3.8, 4) is 11.8 Å². The number of carboxylic acids is 1. The van der Waals surface area contributed by atoms with Crippen LogP contribution >= 0.6 is 18.9 Å². The molecule has 29 heavy (non-hydrogen) atoms. The van der Waals surface area contributed by atoms with Gasteiger partial charge in [0.05, 0.1) is 22.5 Å². The summed E-state index contributed by atoms with van der Waals surface area (Å²) in [7, 11) is -1.90. The monoisotopic (exact) mass is 433 g/mol. The SMILES string of the molecule is CCOP(=O)(c1ccc(C)cc1C)N(C)c1cc(C#CC(C)(C)C)sc1C(=O)O. The van der Waals surface area contributed by atoms with E-state index in [1.54, 1.807) is 26.1 Å². The second-order valence-corrected chi connectivity index (χ2v) is 11.3. The van der Waals surface area contributed by atoms with E-state index in [0.717, 1.165) is 22.5 Å². The van der Waals surface area contributed by atoms with Crippen LogP contribution in [0.2, 0.25) is 0 Å². The standard InChI is InChI=1S/C22H28NO4PS/c1-8-27-28(26,19-10-9-15(2)13-16(19)3)23(7)18-14-17(11-12-22(4,5)6)29-20(18)21(24)25/h9-10,13-14H,8H2,1-7H3,(H,24,25). The minimum absolute atomic E-state index is 0.0930. The zero-order valence-electron chi connectivity index (χ0n) is 18.0. The molecule has 1 unspecified atom stereocenters. The summed E-state index contributed by atoms with van der Waals surface area (Å²) in [5.41, 5.74) is 2.03. The number of carboxylic acid groups (broad SMARTS) is 1. The fourth-order valence-electron chi connectivity index (χ4n) is 2.84. The lowest BCUT2D eigenvalue weighted by molar-refractivity contribution is 0.0703. The molecule has 1 aromatic carbocycles. The lowest BCUT2D eigenvalue weighted by atomic mass is 9.98. The Bertz CT molecular complexity index is 1020. The zero-order chi connectivity index (χ0) is 22.0. The number of carbonyl (C=O) groups is 1. The first-order chi connectivity index (χ1) is 13.4. The number of nitrogens with zero attached hydrogens (tertiary/aromatic N) is 1. The molecule has 1 N–H and O–H groups in total. The Hall–Kier alpha value is -2.06. The number of aryl methyl sites for hydroxylation is 2. The molecule has 0 fully saturated rings. The molecule has 0 bridgehead atoms. The summed E-state index contributed by atoms with van der Waals surface area (Å²) in [5.74, 6) is 5.08. The van der Waals surface area contributed by atoms with E-state index >= 15 is 0 Å². The van der Waals surface area contributed by atoms with E-state index in [1.165, 1.54) is 4.67 Å². The largest absolute Gasteiger partial charge is 0.477 e. The van der Waals surface area contributed by atoms with E-state index in [4.69, 9.17) is 4.52 Å². The van der Waals surface area contributed by atoms with Gasteiger partial charge < -0.3 is 9.63 Å². The first kappa shape index (κ1) is 23.2. The van der Waals surface area contributed by atoms with Crippen LogP contribution in [0.4, 0.5) is 5.69 Å². The number of benzene rings is 1.